The Morgan fingerprint density at radius 1 is 1.09 bits per heavy atom. The average Bonchev–Trinajstić information content (AvgIpc) is 3.06. The predicted molar refractivity (Wildman–Crippen MR) is 83.6 cm³/mol. The summed E-state index contributed by atoms with van der Waals surface area (Å²) in [6, 6.07) is 9.12. The maximum Gasteiger partial charge on any atom is 0.322 e. The van der Waals surface area contributed by atoms with Crippen molar-refractivity contribution in [3.05, 3.63) is 51.9 Å². The molecule has 22 heavy (non-hydrogen) atoms. The maximum absolute atomic E-state index is 11.9. The van der Waals surface area contributed by atoms with Gasteiger partial charge in [0, 0.05) is 5.56 Å². The Kier molecular flexibility index (Phi) is 3.81. The van der Waals surface area contributed by atoms with Crippen molar-refractivity contribution in [1.82, 2.24) is 10.2 Å². The van der Waals surface area contributed by atoms with Crippen LogP contribution in [-0.4, -0.2) is 16.1 Å². The monoisotopic (exact) mass is 361 g/mol. The minimum Gasteiger partial charge on any atom is -0.444 e. The molecule has 0 fully saturated rings. The van der Waals surface area contributed by atoms with E-state index in [1.54, 1.807) is 12.1 Å². The van der Waals surface area contributed by atoms with E-state index < -0.39 is 5.91 Å². The molecule has 0 bridgehead atoms. The van der Waals surface area contributed by atoms with Crippen LogP contribution in [0.25, 0.3) is 11.5 Å². The molecule has 0 aliphatic rings. The summed E-state index contributed by atoms with van der Waals surface area (Å²) in [5, 5.41) is 10.3. The zero-order chi connectivity index (χ0) is 15.7. The molecule has 0 aliphatic heterocycles. The largest absolute Gasteiger partial charge is 0.444 e. The van der Waals surface area contributed by atoms with Gasteiger partial charge in [-0.15, -0.1) is 5.10 Å². The van der Waals surface area contributed by atoms with E-state index in [9.17, 15) is 4.79 Å². The van der Waals surface area contributed by atoms with Crippen molar-refractivity contribution in [2.45, 2.75) is 13.8 Å². The molecule has 6 nitrogen and oxygen atoms in total. The van der Waals surface area contributed by atoms with Crippen LogP contribution in [0.3, 0.4) is 0 Å². The molecule has 3 rings (SSSR count). The summed E-state index contributed by atoms with van der Waals surface area (Å²) in [5.41, 5.74) is 3.00. The third-order valence-electron chi connectivity index (χ3n) is 2.91. The molecule has 3 aromatic rings. The molecule has 0 radical (unpaired) electrons. The number of rotatable bonds is 3. The molecule has 0 unspecified atom stereocenters. The molecule has 112 valence electrons. The first-order chi connectivity index (χ1) is 10.5. The zero-order valence-corrected chi connectivity index (χ0v) is 13.5. The molecule has 7 heteroatoms. The lowest BCUT2D eigenvalue weighted by molar-refractivity contribution is 0.0992. The van der Waals surface area contributed by atoms with Crippen molar-refractivity contribution in [2.24, 2.45) is 0 Å². The van der Waals surface area contributed by atoms with Gasteiger partial charge in [0.05, 0.1) is 0 Å². The van der Waals surface area contributed by atoms with Crippen molar-refractivity contribution in [1.29, 1.82) is 0 Å². The number of furan rings is 1. The summed E-state index contributed by atoms with van der Waals surface area (Å²) >= 11 is 3.14. The quantitative estimate of drug-likeness (QED) is 0.763. The fourth-order valence-corrected chi connectivity index (χ4v) is 2.39. The number of carbonyl (C=O) groups excluding carboxylic acids is 1. The van der Waals surface area contributed by atoms with Gasteiger partial charge in [-0.05, 0) is 54.0 Å². The van der Waals surface area contributed by atoms with E-state index in [-0.39, 0.29) is 11.8 Å². The van der Waals surface area contributed by atoms with Gasteiger partial charge in [0.1, 0.15) is 0 Å². The molecule has 1 N–H and O–H groups in total. The smallest absolute Gasteiger partial charge is 0.322 e. The van der Waals surface area contributed by atoms with Crippen molar-refractivity contribution in [2.75, 3.05) is 5.32 Å². The second-order valence-electron chi connectivity index (χ2n) is 4.85. The average molecular weight is 362 g/mol. The number of anilines is 1. The maximum atomic E-state index is 11.9. The standard InChI is InChI=1S/C15H12BrN3O3/c1-8-5-9(2)7-10(6-8)14-18-19-15(22-14)17-13(20)11-3-4-12(16)21-11/h3-7H,1-2H3,(H,17,19,20). The molecule has 0 atom stereocenters. The molecular formula is C15H12BrN3O3. The SMILES string of the molecule is Cc1cc(C)cc(-c2nnc(NC(=O)c3ccc(Br)o3)o2)c1. The van der Waals surface area contributed by atoms with Gasteiger partial charge in [-0.1, -0.05) is 22.3 Å². The van der Waals surface area contributed by atoms with Crippen LogP contribution < -0.4 is 5.32 Å². The van der Waals surface area contributed by atoms with Crippen LogP contribution in [0, 0.1) is 13.8 Å². The molecule has 0 saturated carbocycles. The second kappa shape index (κ2) is 5.76. The number of hydrogen-bond donors (Lipinski definition) is 1. The first-order valence-corrected chi connectivity index (χ1v) is 7.29. The number of aromatic nitrogens is 2. The molecule has 2 aromatic heterocycles. The van der Waals surface area contributed by atoms with Gasteiger partial charge in [0.15, 0.2) is 10.4 Å². The normalized spacial score (nSPS) is 10.7. The Balaban J connectivity index is 1.80. The topological polar surface area (TPSA) is 81.2 Å². The minimum absolute atomic E-state index is 0.0201. The second-order valence-corrected chi connectivity index (χ2v) is 5.63. The predicted octanol–water partition coefficient (Wildman–Crippen LogP) is 3.96. The van der Waals surface area contributed by atoms with Gasteiger partial charge in [0.2, 0.25) is 5.89 Å². The lowest BCUT2D eigenvalue weighted by atomic mass is 10.1. The number of amides is 1. The van der Waals surface area contributed by atoms with E-state index in [2.05, 4.69) is 37.5 Å². The highest BCUT2D eigenvalue weighted by atomic mass is 79.9. The third kappa shape index (κ3) is 3.09. The summed E-state index contributed by atoms with van der Waals surface area (Å²) in [5.74, 6) is 0.0436. The fourth-order valence-electron chi connectivity index (χ4n) is 2.08. The van der Waals surface area contributed by atoms with Crippen LogP contribution in [0.5, 0.6) is 0 Å². The lowest BCUT2D eigenvalue weighted by Crippen LogP contribution is -2.10. The third-order valence-corrected chi connectivity index (χ3v) is 3.34. The van der Waals surface area contributed by atoms with Crippen LogP contribution in [0.2, 0.25) is 0 Å². The van der Waals surface area contributed by atoms with E-state index in [0.717, 1.165) is 16.7 Å². The summed E-state index contributed by atoms with van der Waals surface area (Å²) < 4.78 is 11.1. The lowest BCUT2D eigenvalue weighted by Gasteiger charge is -2.00. The molecule has 0 aliphatic carbocycles. The van der Waals surface area contributed by atoms with Crippen LogP contribution >= 0.6 is 15.9 Å². The van der Waals surface area contributed by atoms with Crippen LogP contribution in [0.15, 0.2) is 43.8 Å². The van der Waals surface area contributed by atoms with Gasteiger partial charge >= 0.3 is 6.01 Å². The highest BCUT2D eigenvalue weighted by molar-refractivity contribution is 9.10. The Bertz CT molecular complexity index is 818. The van der Waals surface area contributed by atoms with Gasteiger partial charge < -0.3 is 8.83 Å². The Labute approximate surface area is 134 Å². The minimum atomic E-state index is -0.457. The number of halogens is 1. The number of benzene rings is 1. The molecule has 1 aromatic carbocycles. The fraction of sp³-hybridized carbons (Fsp3) is 0.133. The van der Waals surface area contributed by atoms with E-state index in [1.165, 1.54) is 0 Å². The van der Waals surface area contributed by atoms with Crippen molar-refractivity contribution in [3.8, 4) is 11.5 Å². The number of aryl methyl sites for hydroxylation is 2. The van der Waals surface area contributed by atoms with Gasteiger partial charge in [-0.25, -0.2) is 0 Å². The Morgan fingerprint density at radius 2 is 1.82 bits per heavy atom. The molecule has 0 spiro atoms. The van der Waals surface area contributed by atoms with E-state index in [1.807, 2.05) is 26.0 Å². The molecule has 2 heterocycles. The zero-order valence-electron chi connectivity index (χ0n) is 11.9. The molecular weight excluding hydrogens is 350 g/mol. The summed E-state index contributed by atoms with van der Waals surface area (Å²) in [6.45, 7) is 3.98. The number of nitrogens with one attached hydrogen (secondary N) is 1. The van der Waals surface area contributed by atoms with E-state index in [0.29, 0.717) is 10.6 Å². The highest BCUT2D eigenvalue weighted by Crippen LogP contribution is 2.23. The van der Waals surface area contributed by atoms with E-state index in [4.69, 9.17) is 8.83 Å². The molecule has 1 amide bonds. The summed E-state index contributed by atoms with van der Waals surface area (Å²) in [4.78, 5) is 11.9. The van der Waals surface area contributed by atoms with Crippen molar-refractivity contribution < 1.29 is 13.6 Å². The highest BCUT2D eigenvalue weighted by Gasteiger charge is 2.15. The Morgan fingerprint density at radius 3 is 2.45 bits per heavy atom. The van der Waals surface area contributed by atoms with Crippen LogP contribution in [0.4, 0.5) is 6.01 Å². The summed E-state index contributed by atoms with van der Waals surface area (Å²) in [7, 11) is 0. The van der Waals surface area contributed by atoms with Gasteiger partial charge in [-0.2, -0.15) is 0 Å². The first kappa shape index (κ1) is 14.5. The van der Waals surface area contributed by atoms with Gasteiger partial charge in [-0.3, -0.25) is 10.1 Å². The van der Waals surface area contributed by atoms with E-state index >= 15 is 0 Å². The number of carbonyl (C=O) groups is 1. The number of nitrogens with zero attached hydrogens (tertiary/aromatic N) is 2. The molecule has 0 saturated heterocycles. The Hall–Kier alpha value is -2.41. The van der Waals surface area contributed by atoms with Crippen molar-refractivity contribution in [3.63, 3.8) is 0 Å². The first-order valence-electron chi connectivity index (χ1n) is 6.50. The van der Waals surface area contributed by atoms with Crippen LogP contribution in [0.1, 0.15) is 21.7 Å². The van der Waals surface area contributed by atoms with Gasteiger partial charge in [0.25, 0.3) is 5.91 Å². The van der Waals surface area contributed by atoms with Crippen LogP contribution in [-0.2, 0) is 0 Å². The van der Waals surface area contributed by atoms with Crippen molar-refractivity contribution >= 4 is 27.9 Å². The summed E-state index contributed by atoms with van der Waals surface area (Å²) in [6.07, 6.45) is 0. The number of hydrogen-bond acceptors (Lipinski definition) is 5.